The fourth-order valence-electron chi connectivity index (χ4n) is 2.68. The van der Waals surface area contributed by atoms with Crippen molar-refractivity contribution in [1.29, 1.82) is 0 Å². The van der Waals surface area contributed by atoms with Crippen LogP contribution in [-0.4, -0.2) is 0 Å². The quantitative estimate of drug-likeness (QED) is 0.854. The largest absolute Gasteiger partial charge is 0.303 e. The third-order valence-corrected chi connectivity index (χ3v) is 4.61. The zero-order chi connectivity index (χ0) is 12.5. The summed E-state index contributed by atoms with van der Waals surface area (Å²) in [5, 5.41) is 8.92. The number of fused-ring (bicyclic) bond motifs is 1. The predicted octanol–water partition coefficient (Wildman–Crippen LogP) is 4.74. The molecule has 18 heavy (non-hydrogen) atoms. The van der Waals surface area contributed by atoms with Gasteiger partial charge in [0.15, 0.2) is 0 Å². The van der Waals surface area contributed by atoms with Crippen LogP contribution in [0.1, 0.15) is 42.1 Å². The van der Waals surface area contributed by atoms with Crippen LogP contribution in [0.5, 0.6) is 0 Å². The van der Waals surface area contributed by atoms with Crippen LogP contribution in [0.2, 0.25) is 5.02 Å². The maximum absolute atomic E-state index is 6.04. The predicted molar refractivity (Wildman–Crippen MR) is 78.4 cm³/mol. The molecule has 1 N–H and O–H groups in total. The Morgan fingerprint density at radius 1 is 1.39 bits per heavy atom. The van der Waals surface area contributed by atoms with E-state index in [9.17, 15) is 0 Å². The summed E-state index contributed by atoms with van der Waals surface area (Å²) in [5.41, 5.74) is 4.20. The molecule has 0 bridgehead atoms. The monoisotopic (exact) mass is 277 g/mol. The van der Waals surface area contributed by atoms with Crippen LogP contribution in [0.3, 0.4) is 0 Å². The molecule has 0 amide bonds. The highest BCUT2D eigenvalue weighted by Gasteiger charge is 2.23. The molecule has 1 nitrogen and oxygen atoms in total. The Morgan fingerprint density at radius 2 is 2.28 bits per heavy atom. The van der Waals surface area contributed by atoms with E-state index in [-0.39, 0.29) is 0 Å². The van der Waals surface area contributed by atoms with Gasteiger partial charge in [-0.05, 0) is 65.4 Å². The molecule has 1 aliphatic carbocycles. The van der Waals surface area contributed by atoms with Crippen LogP contribution in [-0.2, 0) is 6.42 Å². The van der Waals surface area contributed by atoms with Crippen molar-refractivity contribution in [2.24, 2.45) is 0 Å². The lowest BCUT2D eigenvalue weighted by Gasteiger charge is -2.19. The van der Waals surface area contributed by atoms with Gasteiger partial charge in [-0.3, -0.25) is 0 Å². The molecule has 0 spiro atoms. The number of hydrogen-bond donors (Lipinski definition) is 1. The van der Waals surface area contributed by atoms with E-state index in [2.05, 4.69) is 41.2 Å². The molecule has 1 aliphatic rings. The molecule has 1 aromatic heterocycles. The number of aryl methyl sites for hydroxylation is 1. The standard InChI is InChI=1S/C15H16ClNS/c1-10(12-6-7-18-9-12)17-15-5-2-11-8-13(16)3-4-14(11)15/h3-4,6-10,15,17H,2,5H2,1H3. The second-order valence-electron chi connectivity index (χ2n) is 4.88. The lowest BCUT2D eigenvalue weighted by Crippen LogP contribution is -2.22. The van der Waals surface area contributed by atoms with Gasteiger partial charge < -0.3 is 5.32 Å². The minimum absolute atomic E-state index is 0.405. The van der Waals surface area contributed by atoms with Gasteiger partial charge in [-0.15, -0.1) is 0 Å². The van der Waals surface area contributed by atoms with E-state index in [0.29, 0.717) is 12.1 Å². The van der Waals surface area contributed by atoms with Gasteiger partial charge in [-0.1, -0.05) is 17.7 Å². The summed E-state index contributed by atoms with van der Waals surface area (Å²) in [5.74, 6) is 0. The fourth-order valence-corrected chi connectivity index (χ4v) is 3.63. The van der Waals surface area contributed by atoms with E-state index in [0.717, 1.165) is 11.4 Å². The van der Waals surface area contributed by atoms with Crippen LogP contribution in [0.4, 0.5) is 0 Å². The molecule has 0 saturated heterocycles. The Hall–Kier alpha value is -0.830. The minimum atomic E-state index is 0.405. The Labute approximate surface area is 117 Å². The molecular weight excluding hydrogens is 262 g/mol. The fraction of sp³-hybridized carbons (Fsp3) is 0.333. The Balaban J connectivity index is 1.77. The molecule has 2 aromatic rings. The van der Waals surface area contributed by atoms with Gasteiger partial charge in [0.25, 0.3) is 0 Å². The van der Waals surface area contributed by atoms with Gasteiger partial charge in [-0.25, -0.2) is 0 Å². The Bertz CT molecular complexity index is 535. The SMILES string of the molecule is CC(NC1CCc2cc(Cl)ccc21)c1ccsc1. The van der Waals surface area contributed by atoms with Crippen LogP contribution < -0.4 is 5.32 Å². The Kier molecular flexibility index (Phi) is 3.42. The van der Waals surface area contributed by atoms with Gasteiger partial charge in [0.1, 0.15) is 0 Å². The molecule has 2 atom stereocenters. The van der Waals surface area contributed by atoms with Crippen molar-refractivity contribution in [1.82, 2.24) is 5.32 Å². The summed E-state index contributed by atoms with van der Waals surface area (Å²) in [6.07, 6.45) is 2.30. The number of nitrogens with one attached hydrogen (secondary N) is 1. The maximum atomic E-state index is 6.04. The van der Waals surface area contributed by atoms with Gasteiger partial charge in [0, 0.05) is 17.1 Å². The summed E-state index contributed by atoms with van der Waals surface area (Å²) in [4.78, 5) is 0. The van der Waals surface area contributed by atoms with Crippen molar-refractivity contribution in [2.75, 3.05) is 0 Å². The number of benzene rings is 1. The first-order valence-electron chi connectivity index (χ1n) is 6.30. The van der Waals surface area contributed by atoms with Crippen LogP contribution >= 0.6 is 22.9 Å². The van der Waals surface area contributed by atoms with Gasteiger partial charge in [-0.2, -0.15) is 11.3 Å². The van der Waals surface area contributed by atoms with Crippen LogP contribution in [0, 0.1) is 0 Å². The van der Waals surface area contributed by atoms with E-state index >= 15 is 0 Å². The van der Waals surface area contributed by atoms with Gasteiger partial charge in [0.05, 0.1) is 0 Å². The third-order valence-electron chi connectivity index (χ3n) is 3.68. The average Bonchev–Trinajstić information content (AvgIpc) is 2.98. The average molecular weight is 278 g/mol. The molecule has 1 aromatic carbocycles. The summed E-state index contributed by atoms with van der Waals surface area (Å²) in [7, 11) is 0. The lowest BCUT2D eigenvalue weighted by atomic mass is 10.1. The number of rotatable bonds is 3. The van der Waals surface area contributed by atoms with Crippen molar-refractivity contribution in [3.8, 4) is 0 Å². The van der Waals surface area contributed by atoms with E-state index in [1.54, 1.807) is 11.3 Å². The maximum Gasteiger partial charge on any atom is 0.0408 e. The smallest absolute Gasteiger partial charge is 0.0408 e. The summed E-state index contributed by atoms with van der Waals surface area (Å²) in [6.45, 7) is 2.23. The highest BCUT2D eigenvalue weighted by Crippen LogP contribution is 2.34. The lowest BCUT2D eigenvalue weighted by molar-refractivity contribution is 0.465. The molecule has 3 rings (SSSR count). The number of halogens is 1. The van der Waals surface area contributed by atoms with Crippen molar-refractivity contribution >= 4 is 22.9 Å². The Morgan fingerprint density at radius 3 is 3.06 bits per heavy atom. The van der Waals surface area contributed by atoms with Crippen molar-refractivity contribution in [2.45, 2.75) is 31.8 Å². The van der Waals surface area contributed by atoms with Gasteiger partial charge in [0.2, 0.25) is 0 Å². The van der Waals surface area contributed by atoms with Crippen molar-refractivity contribution < 1.29 is 0 Å². The normalized spacial score (nSPS) is 19.8. The zero-order valence-electron chi connectivity index (χ0n) is 10.3. The van der Waals surface area contributed by atoms with Crippen LogP contribution in [0.25, 0.3) is 0 Å². The highest BCUT2D eigenvalue weighted by molar-refractivity contribution is 7.07. The first-order valence-corrected chi connectivity index (χ1v) is 7.62. The first kappa shape index (κ1) is 12.2. The van der Waals surface area contributed by atoms with E-state index < -0.39 is 0 Å². The second-order valence-corrected chi connectivity index (χ2v) is 6.10. The molecule has 0 aliphatic heterocycles. The topological polar surface area (TPSA) is 12.0 Å². The molecule has 94 valence electrons. The molecular formula is C15H16ClNS. The minimum Gasteiger partial charge on any atom is -0.303 e. The second kappa shape index (κ2) is 5.04. The van der Waals surface area contributed by atoms with Gasteiger partial charge >= 0.3 is 0 Å². The van der Waals surface area contributed by atoms with Crippen molar-refractivity contribution in [3.05, 3.63) is 56.7 Å². The summed E-state index contributed by atoms with van der Waals surface area (Å²) < 4.78 is 0. The molecule has 2 unspecified atom stereocenters. The molecule has 3 heteroatoms. The third kappa shape index (κ3) is 2.33. The van der Waals surface area contributed by atoms with E-state index in [4.69, 9.17) is 11.6 Å². The van der Waals surface area contributed by atoms with Crippen molar-refractivity contribution in [3.63, 3.8) is 0 Å². The molecule has 0 saturated carbocycles. The summed E-state index contributed by atoms with van der Waals surface area (Å²) >= 11 is 7.79. The summed E-state index contributed by atoms with van der Waals surface area (Å²) in [6, 6.07) is 9.33. The number of thiophene rings is 1. The zero-order valence-corrected chi connectivity index (χ0v) is 11.9. The first-order chi connectivity index (χ1) is 8.74. The molecule has 0 fully saturated rings. The van der Waals surface area contributed by atoms with Crippen LogP contribution in [0.15, 0.2) is 35.0 Å². The highest BCUT2D eigenvalue weighted by atomic mass is 35.5. The van der Waals surface area contributed by atoms with E-state index in [1.165, 1.54) is 23.1 Å². The van der Waals surface area contributed by atoms with E-state index in [1.807, 2.05) is 6.07 Å². The molecule has 1 heterocycles. The number of hydrogen-bond acceptors (Lipinski definition) is 2. The molecule has 0 radical (unpaired) electrons.